The van der Waals surface area contributed by atoms with Gasteiger partial charge in [-0.3, -0.25) is 0 Å². The molecule has 0 radical (unpaired) electrons. The van der Waals surface area contributed by atoms with Gasteiger partial charge in [-0.15, -0.1) is 13.2 Å². The van der Waals surface area contributed by atoms with E-state index in [0.717, 1.165) is 28.1 Å². The van der Waals surface area contributed by atoms with Gasteiger partial charge in [0.2, 0.25) is 0 Å². The average molecular weight is 611 g/mol. The van der Waals surface area contributed by atoms with Crippen molar-refractivity contribution in [1.82, 2.24) is 9.55 Å². The van der Waals surface area contributed by atoms with E-state index < -0.39 is 12.3 Å². The SMILES string of the molecule is COC(=O)c1ccc(Cn2cc(-c3ccc(Cl)cc3Cl)nc2Cc2ccc(-c3cccc(OC(F)(F)F)c3)cc2)cc1. The summed E-state index contributed by atoms with van der Waals surface area (Å²) in [5, 5.41) is 0.993. The highest BCUT2D eigenvalue weighted by Crippen LogP contribution is 2.31. The number of carbonyl (C=O) groups is 1. The molecule has 0 spiro atoms. The Labute approximate surface area is 250 Å². The van der Waals surface area contributed by atoms with E-state index in [-0.39, 0.29) is 5.75 Å². The van der Waals surface area contributed by atoms with Crippen molar-refractivity contribution in [3.8, 4) is 28.1 Å². The average Bonchev–Trinajstić information content (AvgIpc) is 3.34. The quantitative estimate of drug-likeness (QED) is 0.165. The summed E-state index contributed by atoms with van der Waals surface area (Å²) in [6, 6.07) is 25.7. The van der Waals surface area contributed by atoms with Crippen molar-refractivity contribution in [1.29, 1.82) is 0 Å². The molecule has 0 aliphatic rings. The Kier molecular flexibility index (Phi) is 8.56. The highest BCUT2D eigenvalue weighted by Gasteiger charge is 2.31. The third-order valence-corrected chi connectivity index (χ3v) is 7.06. The molecule has 0 atom stereocenters. The fraction of sp³-hybridized carbons (Fsp3) is 0.125. The normalized spacial score (nSPS) is 11.4. The summed E-state index contributed by atoms with van der Waals surface area (Å²) in [7, 11) is 1.34. The molecule has 42 heavy (non-hydrogen) atoms. The minimum Gasteiger partial charge on any atom is -0.465 e. The maximum atomic E-state index is 12.7. The highest BCUT2D eigenvalue weighted by molar-refractivity contribution is 6.36. The molecule has 0 unspecified atom stereocenters. The van der Waals surface area contributed by atoms with Crippen LogP contribution in [-0.2, 0) is 17.7 Å². The molecule has 10 heteroatoms. The van der Waals surface area contributed by atoms with E-state index in [1.807, 2.05) is 53.2 Å². The van der Waals surface area contributed by atoms with Gasteiger partial charge in [-0.1, -0.05) is 71.7 Å². The fourth-order valence-corrected chi connectivity index (χ4v) is 5.00. The molecule has 1 heterocycles. The number of hydrogen-bond donors (Lipinski definition) is 0. The number of alkyl halides is 3. The van der Waals surface area contributed by atoms with Gasteiger partial charge in [0.05, 0.1) is 23.4 Å². The summed E-state index contributed by atoms with van der Waals surface area (Å²) in [5.74, 6) is 0.0769. The second-order valence-electron chi connectivity index (χ2n) is 9.43. The lowest BCUT2D eigenvalue weighted by molar-refractivity contribution is -0.274. The number of carbonyl (C=O) groups excluding carboxylic acids is 1. The standard InChI is InChI=1S/C32H23Cl2F3N2O3/c1-41-31(40)23-11-7-21(8-12-23)18-39-19-29(27-14-13-25(33)17-28(27)34)38-30(39)15-20-5-9-22(10-6-20)24-3-2-4-26(16-24)42-32(35,36)37/h2-14,16-17,19H,15,18H2,1H3. The minimum absolute atomic E-state index is 0.279. The van der Waals surface area contributed by atoms with E-state index in [2.05, 4.69) is 4.74 Å². The number of benzene rings is 4. The van der Waals surface area contributed by atoms with Crippen LogP contribution in [0.4, 0.5) is 13.2 Å². The third kappa shape index (κ3) is 7.13. The molecule has 5 rings (SSSR count). The second kappa shape index (κ2) is 12.3. The number of hydrogen-bond acceptors (Lipinski definition) is 4. The first-order valence-corrected chi connectivity index (χ1v) is 13.5. The molecule has 0 saturated heterocycles. The molecule has 0 N–H and O–H groups in total. The zero-order valence-electron chi connectivity index (χ0n) is 22.2. The number of imidazole rings is 1. The van der Waals surface area contributed by atoms with Crippen molar-refractivity contribution in [2.75, 3.05) is 7.11 Å². The van der Waals surface area contributed by atoms with Crippen molar-refractivity contribution < 1.29 is 27.4 Å². The van der Waals surface area contributed by atoms with Crippen LogP contribution in [0.25, 0.3) is 22.4 Å². The maximum Gasteiger partial charge on any atom is 0.573 e. The van der Waals surface area contributed by atoms with Crippen molar-refractivity contribution in [2.45, 2.75) is 19.3 Å². The van der Waals surface area contributed by atoms with Gasteiger partial charge < -0.3 is 14.0 Å². The number of rotatable bonds is 8. The molecule has 4 aromatic carbocycles. The predicted octanol–water partition coefficient (Wildman–Crippen LogP) is 8.85. The number of ether oxygens (including phenoxy) is 2. The van der Waals surface area contributed by atoms with Crippen LogP contribution >= 0.6 is 23.2 Å². The van der Waals surface area contributed by atoms with Crippen LogP contribution in [0.1, 0.15) is 27.3 Å². The van der Waals surface area contributed by atoms with Crippen LogP contribution in [0.15, 0.2) is 97.2 Å². The molecular weight excluding hydrogens is 588 g/mol. The summed E-state index contributed by atoms with van der Waals surface area (Å²) >= 11 is 12.6. The minimum atomic E-state index is -4.76. The van der Waals surface area contributed by atoms with Gasteiger partial charge >= 0.3 is 12.3 Å². The van der Waals surface area contributed by atoms with E-state index in [9.17, 15) is 18.0 Å². The molecule has 5 aromatic rings. The van der Waals surface area contributed by atoms with Crippen molar-refractivity contribution >= 4 is 29.2 Å². The summed E-state index contributed by atoms with van der Waals surface area (Å²) in [6.07, 6.45) is -2.37. The van der Waals surface area contributed by atoms with Gasteiger partial charge in [-0.05, 0) is 64.7 Å². The van der Waals surface area contributed by atoms with Gasteiger partial charge in [-0.25, -0.2) is 9.78 Å². The number of halogens is 5. The summed E-state index contributed by atoms with van der Waals surface area (Å²) in [5.41, 5.74) is 5.11. The van der Waals surface area contributed by atoms with Crippen LogP contribution < -0.4 is 4.74 Å². The fourth-order valence-electron chi connectivity index (χ4n) is 4.49. The van der Waals surface area contributed by atoms with Gasteiger partial charge in [0.25, 0.3) is 0 Å². The van der Waals surface area contributed by atoms with Crippen LogP contribution in [0.3, 0.4) is 0 Å². The number of aromatic nitrogens is 2. The Balaban J connectivity index is 1.43. The largest absolute Gasteiger partial charge is 0.573 e. The Morgan fingerprint density at radius 1 is 0.881 bits per heavy atom. The van der Waals surface area contributed by atoms with E-state index in [1.165, 1.54) is 25.3 Å². The number of nitrogens with zero attached hydrogens (tertiary/aromatic N) is 2. The predicted molar refractivity (Wildman–Crippen MR) is 156 cm³/mol. The number of methoxy groups -OCH3 is 1. The van der Waals surface area contributed by atoms with Crippen LogP contribution in [0.2, 0.25) is 10.0 Å². The van der Waals surface area contributed by atoms with E-state index in [1.54, 1.807) is 30.3 Å². The van der Waals surface area contributed by atoms with Gasteiger partial charge in [0, 0.05) is 29.7 Å². The lowest BCUT2D eigenvalue weighted by Crippen LogP contribution is -2.17. The van der Waals surface area contributed by atoms with Gasteiger partial charge in [0.1, 0.15) is 11.6 Å². The lowest BCUT2D eigenvalue weighted by atomic mass is 10.0. The summed E-state index contributed by atoms with van der Waals surface area (Å²) < 4.78 is 48.8. The first-order valence-electron chi connectivity index (χ1n) is 12.7. The second-order valence-corrected chi connectivity index (χ2v) is 10.3. The van der Waals surface area contributed by atoms with Gasteiger partial charge in [0.15, 0.2) is 0 Å². The number of esters is 1. The first-order chi connectivity index (χ1) is 20.1. The molecule has 214 valence electrons. The summed E-state index contributed by atoms with van der Waals surface area (Å²) in [6.45, 7) is 0.485. The van der Waals surface area contributed by atoms with Crippen molar-refractivity contribution in [2.24, 2.45) is 0 Å². The highest BCUT2D eigenvalue weighted by atomic mass is 35.5. The topological polar surface area (TPSA) is 53.4 Å². The molecular formula is C32H23Cl2F3N2O3. The summed E-state index contributed by atoms with van der Waals surface area (Å²) in [4.78, 5) is 16.7. The maximum absolute atomic E-state index is 12.7. The van der Waals surface area contributed by atoms with Crippen LogP contribution in [0, 0.1) is 0 Å². The molecule has 5 nitrogen and oxygen atoms in total. The molecule has 0 saturated carbocycles. The lowest BCUT2D eigenvalue weighted by Gasteiger charge is -2.11. The van der Waals surface area contributed by atoms with Crippen molar-refractivity contribution in [3.63, 3.8) is 0 Å². The third-order valence-electron chi connectivity index (χ3n) is 6.51. The Hall–Kier alpha value is -4.27. The van der Waals surface area contributed by atoms with Crippen molar-refractivity contribution in [3.05, 3.63) is 130 Å². The van der Waals surface area contributed by atoms with E-state index >= 15 is 0 Å². The molecule has 1 aromatic heterocycles. The molecule has 0 bridgehead atoms. The van der Waals surface area contributed by atoms with Crippen LogP contribution in [0.5, 0.6) is 5.75 Å². The molecule has 0 aliphatic carbocycles. The van der Waals surface area contributed by atoms with E-state index in [0.29, 0.717) is 39.8 Å². The molecule has 0 fully saturated rings. The Morgan fingerprint density at radius 3 is 2.26 bits per heavy atom. The monoisotopic (exact) mass is 610 g/mol. The smallest absolute Gasteiger partial charge is 0.465 e. The molecule has 0 aliphatic heterocycles. The zero-order valence-corrected chi connectivity index (χ0v) is 23.7. The Bertz CT molecular complexity index is 1720. The molecule has 0 amide bonds. The zero-order chi connectivity index (χ0) is 29.9. The van der Waals surface area contributed by atoms with Gasteiger partial charge in [-0.2, -0.15) is 0 Å². The van der Waals surface area contributed by atoms with Crippen LogP contribution in [-0.4, -0.2) is 29.0 Å². The van der Waals surface area contributed by atoms with E-state index in [4.69, 9.17) is 32.9 Å². The Morgan fingerprint density at radius 2 is 1.60 bits per heavy atom. The first kappa shape index (κ1) is 29.2.